The standard InChI is InChI=1S/C14H16ClNO2/c1-14(2,3)13(18)16-12-7-6-11(15)9-10(12)5-4-8-17/h6-7,9,17H,8H2,1-3H3,(H,16,18). The third-order valence-corrected chi connectivity index (χ3v) is 2.45. The summed E-state index contributed by atoms with van der Waals surface area (Å²) in [6.45, 7) is 5.26. The molecule has 3 nitrogen and oxygen atoms in total. The van der Waals surface area contributed by atoms with Crippen LogP contribution in [0.25, 0.3) is 0 Å². The molecule has 0 atom stereocenters. The molecule has 0 unspecified atom stereocenters. The van der Waals surface area contributed by atoms with Crippen molar-refractivity contribution in [1.29, 1.82) is 0 Å². The van der Waals surface area contributed by atoms with Gasteiger partial charge in [0.05, 0.1) is 5.69 Å². The molecule has 18 heavy (non-hydrogen) atoms. The molecule has 0 saturated heterocycles. The zero-order valence-corrected chi connectivity index (χ0v) is 11.4. The highest BCUT2D eigenvalue weighted by molar-refractivity contribution is 6.30. The van der Waals surface area contributed by atoms with E-state index >= 15 is 0 Å². The van der Waals surface area contributed by atoms with Gasteiger partial charge in [0.1, 0.15) is 6.61 Å². The van der Waals surface area contributed by atoms with Crippen molar-refractivity contribution in [2.24, 2.45) is 5.41 Å². The molecule has 0 heterocycles. The lowest BCUT2D eigenvalue weighted by Crippen LogP contribution is -2.27. The van der Waals surface area contributed by atoms with E-state index in [2.05, 4.69) is 17.2 Å². The number of carbonyl (C=O) groups is 1. The molecule has 1 aromatic rings. The zero-order chi connectivity index (χ0) is 13.8. The molecule has 1 aromatic carbocycles. The highest BCUT2D eigenvalue weighted by Gasteiger charge is 2.21. The molecule has 2 N–H and O–H groups in total. The largest absolute Gasteiger partial charge is 0.384 e. The van der Waals surface area contributed by atoms with E-state index in [-0.39, 0.29) is 12.5 Å². The quantitative estimate of drug-likeness (QED) is 0.767. The summed E-state index contributed by atoms with van der Waals surface area (Å²) < 4.78 is 0. The van der Waals surface area contributed by atoms with E-state index in [9.17, 15) is 4.79 Å². The zero-order valence-electron chi connectivity index (χ0n) is 10.7. The van der Waals surface area contributed by atoms with Crippen LogP contribution in [0, 0.1) is 17.3 Å². The van der Waals surface area contributed by atoms with Gasteiger partial charge in [-0.05, 0) is 18.2 Å². The average molecular weight is 266 g/mol. The Labute approximate surface area is 112 Å². The summed E-state index contributed by atoms with van der Waals surface area (Å²) in [5, 5.41) is 12.0. The lowest BCUT2D eigenvalue weighted by molar-refractivity contribution is -0.123. The fraction of sp³-hybridized carbons (Fsp3) is 0.357. The molecule has 0 bridgehead atoms. The van der Waals surface area contributed by atoms with Crippen LogP contribution >= 0.6 is 11.6 Å². The van der Waals surface area contributed by atoms with Crippen molar-refractivity contribution in [3.8, 4) is 11.8 Å². The Balaban J connectivity index is 3.05. The van der Waals surface area contributed by atoms with Crippen molar-refractivity contribution >= 4 is 23.2 Å². The number of rotatable bonds is 1. The minimum atomic E-state index is -0.485. The van der Waals surface area contributed by atoms with Gasteiger partial charge >= 0.3 is 0 Å². The minimum absolute atomic E-state index is 0.100. The normalized spacial score (nSPS) is 10.5. The highest BCUT2D eigenvalue weighted by Crippen LogP contribution is 2.23. The van der Waals surface area contributed by atoms with Crippen molar-refractivity contribution in [1.82, 2.24) is 0 Å². The van der Waals surface area contributed by atoms with Crippen LogP contribution in [-0.4, -0.2) is 17.6 Å². The fourth-order valence-electron chi connectivity index (χ4n) is 1.17. The number of hydrogen-bond acceptors (Lipinski definition) is 2. The van der Waals surface area contributed by atoms with E-state index in [1.54, 1.807) is 18.2 Å². The van der Waals surface area contributed by atoms with E-state index in [1.165, 1.54) is 0 Å². The fourth-order valence-corrected chi connectivity index (χ4v) is 1.35. The maximum atomic E-state index is 11.9. The molecule has 0 fully saturated rings. The molecule has 0 aromatic heterocycles. The summed E-state index contributed by atoms with van der Waals surface area (Å²) in [4.78, 5) is 11.9. The molecule has 0 aliphatic carbocycles. The van der Waals surface area contributed by atoms with Gasteiger partial charge in [-0.2, -0.15) is 0 Å². The van der Waals surface area contributed by atoms with E-state index in [0.29, 0.717) is 16.3 Å². The Morgan fingerprint density at radius 3 is 2.67 bits per heavy atom. The van der Waals surface area contributed by atoms with Crippen molar-refractivity contribution < 1.29 is 9.90 Å². The van der Waals surface area contributed by atoms with Crippen LogP contribution in [0.3, 0.4) is 0 Å². The Kier molecular flexibility index (Phi) is 4.77. The third kappa shape index (κ3) is 4.06. The summed E-state index contributed by atoms with van der Waals surface area (Å²) >= 11 is 5.88. The van der Waals surface area contributed by atoms with E-state index in [0.717, 1.165) is 0 Å². The Morgan fingerprint density at radius 1 is 1.44 bits per heavy atom. The summed E-state index contributed by atoms with van der Waals surface area (Å²) in [5.74, 6) is 5.20. The maximum Gasteiger partial charge on any atom is 0.229 e. The number of nitrogens with one attached hydrogen (secondary N) is 1. The lowest BCUT2D eigenvalue weighted by atomic mass is 9.95. The van der Waals surface area contributed by atoms with Gasteiger partial charge in [0, 0.05) is 16.0 Å². The summed E-state index contributed by atoms with van der Waals surface area (Å²) in [6.07, 6.45) is 0. The predicted octanol–water partition coefficient (Wildman–Crippen LogP) is 2.67. The second kappa shape index (κ2) is 5.90. The van der Waals surface area contributed by atoms with Crippen molar-refractivity contribution in [2.45, 2.75) is 20.8 Å². The van der Waals surface area contributed by atoms with Gasteiger partial charge < -0.3 is 10.4 Å². The molecule has 1 amide bonds. The Morgan fingerprint density at radius 2 is 2.11 bits per heavy atom. The topological polar surface area (TPSA) is 49.3 Å². The number of benzene rings is 1. The van der Waals surface area contributed by atoms with Crippen molar-refractivity contribution in [3.63, 3.8) is 0 Å². The first-order chi connectivity index (χ1) is 8.34. The molecule has 0 saturated carbocycles. The molecule has 1 rings (SSSR count). The van der Waals surface area contributed by atoms with Crippen LogP contribution < -0.4 is 5.32 Å². The van der Waals surface area contributed by atoms with Crippen molar-refractivity contribution in [3.05, 3.63) is 28.8 Å². The third-order valence-electron chi connectivity index (χ3n) is 2.21. The van der Waals surface area contributed by atoms with Gasteiger partial charge in [0.2, 0.25) is 5.91 Å². The smallest absolute Gasteiger partial charge is 0.229 e. The molecule has 0 radical (unpaired) electrons. The van der Waals surface area contributed by atoms with Gasteiger partial charge in [-0.3, -0.25) is 4.79 Å². The number of carbonyl (C=O) groups excluding carboxylic acids is 1. The van der Waals surface area contributed by atoms with Crippen molar-refractivity contribution in [2.75, 3.05) is 11.9 Å². The Hall–Kier alpha value is -1.50. The van der Waals surface area contributed by atoms with Crippen LogP contribution in [0.4, 0.5) is 5.69 Å². The van der Waals surface area contributed by atoms with E-state index in [1.807, 2.05) is 20.8 Å². The van der Waals surface area contributed by atoms with Gasteiger partial charge in [-0.25, -0.2) is 0 Å². The van der Waals surface area contributed by atoms with Crippen LogP contribution in [0.2, 0.25) is 5.02 Å². The van der Waals surface area contributed by atoms with Crippen LogP contribution in [0.5, 0.6) is 0 Å². The number of anilines is 1. The second-order valence-corrected chi connectivity index (χ2v) is 5.29. The number of halogens is 1. The first kappa shape index (κ1) is 14.6. The minimum Gasteiger partial charge on any atom is -0.384 e. The number of amides is 1. The van der Waals surface area contributed by atoms with E-state index < -0.39 is 5.41 Å². The Bertz CT molecular complexity index is 507. The number of aliphatic hydroxyl groups excluding tert-OH is 1. The molecular weight excluding hydrogens is 250 g/mol. The maximum absolute atomic E-state index is 11.9. The summed E-state index contributed by atoms with van der Waals surface area (Å²) in [7, 11) is 0. The molecule has 0 spiro atoms. The predicted molar refractivity (Wildman–Crippen MR) is 73.5 cm³/mol. The summed E-state index contributed by atoms with van der Waals surface area (Å²) in [5.41, 5.74) is 0.704. The average Bonchev–Trinajstić information content (AvgIpc) is 2.28. The van der Waals surface area contributed by atoms with Crippen LogP contribution in [-0.2, 0) is 4.79 Å². The first-order valence-electron chi connectivity index (χ1n) is 5.55. The molecule has 0 aliphatic rings. The SMILES string of the molecule is CC(C)(C)C(=O)Nc1ccc(Cl)cc1C#CCO. The monoisotopic (exact) mass is 265 g/mol. The van der Waals surface area contributed by atoms with Gasteiger partial charge in [-0.15, -0.1) is 0 Å². The van der Waals surface area contributed by atoms with Crippen LogP contribution in [0.15, 0.2) is 18.2 Å². The highest BCUT2D eigenvalue weighted by atomic mass is 35.5. The molecular formula is C14H16ClNO2. The number of aliphatic hydroxyl groups is 1. The van der Waals surface area contributed by atoms with Gasteiger partial charge in [-0.1, -0.05) is 44.2 Å². The molecule has 4 heteroatoms. The lowest BCUT2D eigenvalue weighted by Gasteiger charge is -2.18. The molecule has 96 valence electrons. The summed E-state index contributed by atoms with van der Waals surface area (Å²) in [6, 6.07) is 5.04. The van der Waals surface area contributed by atoms with Gasteiger partial charge in [0.15, 0.2) is 0 Å². The van der Waals surface area contributed by atoms with Gasteiger partial charge in [0.25, 0.3) is 0 Å². The molecule has 0 aliphatic heterocycles. The van der Waals surface area contributed by atoms with E-state index in [4.69, 9.17) is 16.7 Å². The van der Waals surface area contributed by atoms with Crippen LogP contribution in [0.1, 0.15) is 26.3 Å². The first-order valence-corrected chi connectivity index (χ1v) is 5.93. The number of hydrogen-bond donors (Lipinski definition) is 2. The second-order valence-electron chi connectivity index (χ2n) is 4.85.